The number of benzene rings is 2. The van der Waals surface area contributed by atoms with E-state index < -0.39 is 23.2 Å². The molecule has 9 heteroatoms. The van der Waals surface area contributed by atoms with Gasteiger partial charge in [-0.05, 0) is 184 Å². The van der Waals surface area contributed by atoms with Gasteiger partial charge < -0.3 is 36.4 Å². The Bertz CT molecular complexity index is 2270. The van der Waals surface area contributed by atoms with Crippen LogP contribution in [0, 0.1) is 57.2 Å². The summed E-state index contributed by atoms with van der Waals surface area (Å²) in [6.07, 6.45) is 14.6. The van der Waals surface area contributed by atoms with Crippen molar-refractivity contribution in [3.05, 3.63) is 70.3 Å². The number of aliphatic hydroxyl groups is 2. The number of hydrogen-bond acceptors (Lipinski definition) is 9. The number of anilines is 1. The van der Waals surface area contributed by atoms with Crippen LogP contribution in [0.1, 0.15) is 173 Å². The van der Waals surface area contributed by atoms with Gasteiger partial charge in [0.05, 0.1) is 17.8 Å². The van der Waals surface area contributed by atoms with E-state index in [2.05, 4.69) is 69.5 Å². The molecule has 2 aromatic rings. The number of carbonyl (C=O) groups excluding carboxylic acids is 2. The van der Waals surface area contributed by atoms with E-state index in [1.54, 1.807) is 6.07 Å². The molecule has 1 heterocycles. The fourth-order valence-corrected chi connectivity index (χ4v) is 18.6. The number of ether oxygens (including phenoxy) is 1. The zero-order valence-corrected chi connectivity index (χ0v) is 41.8. The molecule has 9 nitrogen and oxygen atoms in total. The van der Waals surface area contributed by atoms with Gasteiger partial charge in [-0.15, -0.1) is 0 Å². The number of carbonyl (C=O) groups is 2. The maximum atomic E-state index is 15.8. The van der Waals surface area contributed by atoms with Crippen LogP contribution in [0.15, 0.2) is 53.6 Å². The van der Waals surface area contributed by atoms with Gasteiger partial charge in [-0.3, -0.25) is 9.59 Å². The second-order valence-electron chi connectivity index (χ2n) is 24.9. The van der Waals surface area contributed by atoms with Gasteiger partial charge in [-0.2, -0.15) is 0 Å². The maximum Gasteiger partial charge on any atom is 0.163 e. The van der Waals surface area contributed by atoms with Crippen LogP contribution in [0.2, 0.25) is 0 Å². The summed E-state index contributed by atoms with van der Waals surface area (Å²) in [6, 6.07) is 14.1. The van der Waals surface area contributed by atoms with E-state index in [0.717, 1.165) is 93.0 Å². The van der Waals surface area contributed by atoms with Gasteiger partial charge >= 0.3 is 0 Å². The first-order valence-electron chi connectivity index (χ1n) is 26.8. The summed E-state index contributed by atoms with van der Waals surface area (Å²) in [5.41, 5.74) is 10.8. The van der Waals surface area contributed by atoms with E-state index in [0.29, 0.717) is 49.5 Å². The molecule has 366 valence electrons. The van der Waals surface area contributed by atoms with E-state index in [9.17, 15) is 15.3 Å². The molecule has 7 N–H and O–H groups in total. The molecule has 6 saturated carbocycles. The van der Waals surface area contributed by atoms with Crippen LogP contribution in [0.4, 0.5) is 5.69 Å². The van der Waals surface area contributed by atoms with Crippen molar-refractivity contribution >= 4 is 17.3 Å². The number of phenolic OH excluding ortho intramolecular Hbond substituents is 1. The summed E-state index contributed by atoms with van der Waals surface area (Å²) in [6.45, 7) is 14.5. The molecular formula is C58H83N3O6. The Hall–Kier alpha value is -3.08. The zero-order chi connectivity index (χ0) is 47.4. The third-order valence-corrected chi connectivity index (χ3v) is 21.0. The molecule has 0 bridgehead atoms. The first-order valence-corrected chi connectivity index (χ1v) is 26.8. The van der Waals surface area contributed by atoms with Gasteiger partial charge in [0, 0.05) is 47.5 Å². The van der Waals surface area contributed by atoms with Crippen LogP contribution in [-0.2, 0) is 20.9 Å². The molecule has 0 unspecified atom stereocenters. The van der Waals surface area contributed by atoms with Crippen LogP contribution in [0.3, 0.4) is 0 Å². The number of aromatic hydroxyl groups is 1. The smallest absolute Gasteiger partial charge is 0.163 e. The predicted octanol–water partition coefficient (Wildman–Crippen LogP) is 9.91. The van der Waals surface area contributed by atoms with E-state index in [-0.39, 0.29) is 69.5 Å². The highest BCUT2D eigenvalue weighted by atomic mass is 16.6. The summed E-state index contributed by atoms with van der Waals surface area (Å²) in [5.74, 6) is 1.65. The number of rotatable bonds is 13. The quantitative estimate of drug-likeness (QED) is 0.0851. The minimum absolute atomic E-state index is 0.000150. The van der Waals surface area contributed by atoms with Gasteiger partial charge in [0.2, 0.25) is 0 Å². The molecule has 1 aliphatic heterocycles. The Morgan fingerprint density at radius 2 is 1.66 bits per heavy atom. The lowest BCUT2D eigenvalue weighted by molar-refractivity contribution is -0.215. The molecule has 7 fully saturated rings. The molecule has 2 aromatic carbocycles. The van der Waals surface area contributed by atoms with Crippen molar-refractivity contribution in [2.45, 2.75) is 193 Å². The van der Waals surface area contributed by atoms with Crippen molar-refractivity contribution in [1.82, 2.24) is 10.6 Å². The molecule has 8 aliphatic rings. The highest BCUT2D eigenvalue weighted by Crippen LogP contribution is 2.79. The number of ketones is 2. The lowest BCUT2D eigenvalue weighted by Gasteiger charge is -2.73. The molecule has 67 heavy (non-hydrogen) atoms. The maximum absolute atomic E-state index is 15.8. The monoisotopic (exact) mass is 918 g/mol. The van der Waals surface area contributed by atoms with E-state index >= 15 is 9.59 Å². The highest BCUT2D eigenvalue weighted by Gasteiger charge is 2.75. The molecule has 0 amide bonds. The van der Waals surface area contributed by atoms with E-state index in [1.807, 2.05) is 26.1 Å². The van der Waals surface area contributed by atoms with Crippen LogP contribution < -0.4 is 16.4 Å². The number of hydrogen-bond donors (Lipinski definition) is 6. The third-order valence-electron chi connectivity index (χ3n) is 21.0. The van der Waals surface area contributed by atoms with Gasteiger partial charge in [-0.25, -0.2) is 0 Å². The summed E-state index contributed by atoms with van der Waals surface area (Å²) < 4.78 is 6.73. The van der Waals surface area contributed by atoms with Crippen molar-refractivity contribution in [1.29, 1.82) is 0 Å². The van der Waals surface area contributed by atoms with Crippen molar-refractivity contribution in [2.24, 2.45) is 57.2 Å². The fourth-order valence-electron chi connectivity index (χ4n) is 18.6. The Morgan fingerprint density at radius 1 is 0.881 bits per heavy atom. The van der Waals surface area contributed by atoms with Crippen LogP contribution in [0.25, 0.3) is 0 Å². The average molecular weight is 918 g/mol. The normalized spacial score (nSPS) is 40.5. The van der Waals surface area contributed by atoms with Crippen molar-refractivity contribution < 1.29 is 29.6 Å². The van der Waals surface area contributed by atoms with Crippen molar-refractivity contribution in [3.8, 4) is 5.75 Å². The molecule has 10 rings (SSSR count). The number of fused-ring (bicyclic) bond motifs is 2. The fraction of sp³-hybridized carbons (Fsp3) is 0.724. The highest BCUT2D eigenvalue weighted by molar-refractivity contribution is 6.03. The number of nitrogen functional groups attached to an aromatic ring is 1. The predicted molar refractivity (Wildman–Crippen MR) is 264 cm³/mol. The van der Waals surface area contributed by atoms with Crippen LogP contribution >= 0.6 is 0 Å². The summed E-state index contributed by atoms with van der Waals surface area (Å²) >= 11 is 0. The first kappa shape index (κ1) is 47.6. The lowest BCUT2D eigenvalue weighted by Crippen LogP contribution is -2.71. The van der Waals surface area contributed by atoms with E-state index in [1.165, 1.54) is 30.4 Å². The third kappa shape index (κ3) is 7.46. The minimum atomic E-state index is -0.680. The Balaban J connectivity index is 1.03. The van der Waals surface area contributed by atoms with Crippen molar-refractivity contribution in [2.75, 3.05) is 19.3 Å². The second kappa shape index (κ2) is 17.3. The number of nitrogens with one attached hydrogen (secondary N) is 2. The Kier molecular flexibility index (Phi) is 12.3. The number of phenols is 1. The number of nitrogens with two attached hydrogens (primary N) is 1. The first-order chi connectivity index (χ1) is 31.9. The topological polar surface area (TPSA) is 157 Å². The lowest BCUT2D eigenvalue weighted by atomic mass is 9.31. The van der Waals surface area contributed by atoms with Gasteiger partial charge in [0.15, 0.2) is 5.78 Å². The molecule has 0 radical (unpaired) electrons. The van der Waals surface area contributed by atoms with Gasteiger partial charge in [-0.1, -0.05) is 83.6 Å². The largest absolute Gasteiger partial charge is 0.508 e. The number of Topliss-reactive ketones (excluding diaryl/α,β-unsaturated/α-hetero) is 2. The van der Waals surface area contributed by atoms with Crippen LogP contribution in [0.5, 0.6) is 5.75 Å². The molecule has 1 saturated heterocycles. The second-order valence-corrected chi connectivity index (χ2v) is 24.9. The van der Waals surface area contributed by atoms with E-state index in [4.69, 9.17) is 10.5 Å². The SMILES string of the molecule is CNCc1cc(O)cc([C@H]2C[C@@]3(C)[C@H]4CCC5=C([C@@H](C[C@@H](O)[C@H]6O[C@]6(C)[C@@H]6CCC[C@H]6c6cccc(N)c6)C6CCCCC6)C(=O)[C@@H]6CCC[C@@]4(C[C@H](NC[C@H](C)O)[C@H]3C(C)(C)C2=O)[C@]56C)c1. The Labute approximate surface area is 401 Å². The number of epoxide rings is 1. The number of aliphatic hydroxyl groups excluding tert-OH is 2. The summed E-state index contributed by atoms with van der Waals surface area (Å²) in [5, 5.41) is 41.6. The Morgan fingerprint density at radius 3 is 2.39 bits per heavy atom. The molecular weight excluding hydrogens is 835 g/mol. The number of allylic oxidation sites excluding steroid dienone is 2. The zero-order valence-electron chi connectivity index (χ0n) is 41.8. The van der Waals surface area contributed by atoms with Gasteiger partial charge in [0.25, 0.3) is 0 Å². The average Bonchev–Trinajstić information content (AvgIpc) is 3.62. The van der Waals surface area contributed by atoms with Gasteiger partial charge in [0.1, 0.15) is 17.6 Å². The van der Waals surface area contributed by atoms with Crippen molar-refractivity contribution in [3.63, 3.8) is 0 Å². The van der Waals surface area contributed by atoms with Crippen LogP contribution in [-0.4, -0.2) is 70.4 Å². The summed E-state index contributed by atoms with van der Waals surface area (Å²) in [4.78, 5) is 31.0. The standard InChI is InChI=1S/C58H83N3O6/c1-33(62)31-61-46-30-58-23-13-20-45-50(65)49(41(35-14-9-8-10-15-35)28-47(64)53-57(6,67-53)43-19-12-18-40(43)36-16-11-17-38(59)26-36)44(56(45,58)5)21-22-48(58)55(4)29-42(52(66)54(2,3)51(46)55)37-24-34(32-60-7)25-39(63)27-37/h11,16-17,24-27,33,35,40-43,45-48,51,53,60-64H,8-10,12-15,18-23,28-32,59H2,1-7H3/t33-,40-,41-,42+,43+,45-,46-,47+,48+,51-,53+,55-,56+,57+,58-/m0/s1. The minimum Gasteiger partial charge on any atom is -0.508 e. The molecule has 0 aromatic heterocycles. The molecule has 1 spiro atoms. The summed E-state index contributed by atoms with van der Waals surface area (Å²) in [7, 11) is 1.90. The molecule has 15 atom stereocenters. The molecule has 7 aliphatic carbocycles.